The molecule has 3 rings (SSSR count). The Balaban J connectivity index is 1.56. The largest absolute Gasteiger partial charge is 0.469 e. The van der Waals surface area contributed by atoms with Gasteiger partial charge in [0.1, 0.15) is 11.8 Å². The van der Waals surface area contributed by atoms with Gasteiger partial charge in [-0.2, -0.15) is 13.5 Å². The van der Waals surface area contributed by atoms with Crippen molar-refractivity contribution in [2.45, 2.75) is 31.3 Å². The average Bonchev–Trinajstić information content (AvgIpc) is 3.15. The minimum absolute atomic E-state index is 0.0623. The van der Waals surface area contributed by atoms with Crippen LogP contribution >= 0.6 is 0 Å². The monoisotopic (exact) mass is 388 g/mol. The van der Waals surface area contributed by atoms with Crippen molar-refractivity contribution in [3.05, 3.63) is 24.2 Å². The van der Waals surface area contributed by atoms with Gasteiger partial charge >= 0.3 is 16.4 Å². The van der Waals surface area contributed by atoms with Crippen LogP contribution in [-0.2, 0) is 30.7 Å². The van der Waals surface area contributed by atoms with Gasteiger partial charge in [-0.25, -0.2) is 4.79 Å². The predicted octanol–water partition coefficient (Wildman–Crippen LogP) is -1.03. The van der Waals surface area contributed by atoms with E-state index in [0.29, 0.717) is 10.8 Å². The van der Waals surface area contributed by atoms with Gasteiger partial charge in [0, 0.05) is 6.54 Å². The number of fused-ring (bicyclic) bond motifs is 2. The number of urea groups is 1. The third-order valence-corrected chi connectivity index (χ3v) is 4.39. The van der Waals surface area contributed by atoms with Crippen LogP contribution in [0.25, 0.3) is 0 Å². The summed E-state index contributed by atoms with van der Waals surface area (Å²) >= 11 is 0. The number of carbonyl (C=O) groups excluding carboxylic acids is 3. The minimum Gasteiger partial charge on any atom is -0.469 e. The SMILES string of the molecule is O=C(Cc1ccco1)NNC(=O)[C@@H]1CC[C@@H]2CN1C(=O)N2OS(=O)(=O)O. The number of nitrogens with one attached hydrogen (secondary N) is 2. The molecule has 2 bridgehead atoms. The van der Waals surface area contributed by atoms with Crippen molar-refractivity contribution in [1.29, 1.82) is 0 Å². The summed E-state index contributed by atoms with van der Waals surface area (Å²) in [6, 6.07) is 0.876. The van der Waals surface area contributed by atoms with Gasteiger partial charge in [0.15, 0.2) is 0 Å². The average molecular weight is 388 g/mol. The highest BCUT2D eigenvalue weighted by Crippen LogP contribution is 2.30. The first kappa shape index (κ1) is 18.2. The van der Waals surface area contributed by atoms with Crippen LogP contribution in [0.4, 0.5) is 4.79 Å². The first-order valence-corrected chi connectivity index (χ1v) is 8.99. The molecule has 13 heteroatoms. The van der Waals surface area contributed by atoms with Gasteiger partial charge in [0.2, 0.25) is 5.91 Å². The summed E-state index contributed by atoms with van der Waals surface area (Å²) in [6.45, 7) is 0.0623. The predicted molar refractivity (Wildman–Crippen MR) is 82.1 cm³/mol. The van der Waals surface area contributed by atoms with E-state index >= 15 is 0 Å². The third-order valence-electron chi connectivity index (χ3n) is 4.04. The maximum atomic E-state index is 12.3. The van der Waals surface area contributed by atoms with Crippen molar-refractivity contribution in [3.63, 3.8) is 0 Å². The molecule has 1 aromatic heterocycles. The molecule has 12 nitrogen and oxygen atoms in total. The van der Waals surface area contributed by atoms with Crippen LogP contribution in [0.15, 0.2) is 22.8 Å². The van der Waals surface area contributed by atoms with Crippen molar-refractivity contribution in [1.82, 2.24) is 20.8 Å². The van der Waals surface area contributed by atoms with E-state index in [1.807, 2.05) is 0 Å². The van der Waals surface area contributed by atoms with E-state index in [-0.39, 0.29) is 25.8 Å². The number of rotatable bonds is 5. The van der Waals surface area contributed by atoms with Gasteiger partial charge in [-0.05, 0) is 25.0 Å². The molecule has 0 radical (unpaired) electrons. The Hall–Kier alpha value is -2.64. The quantitative estimate of drug-likeness (QED) is 0.427. The van der Waals surface area contributed by atoms with Crippen LogP contribution in [0, 0.1) is 0 Å². The number of hydrogen-bond donors (Lipinski definition) is 3. The van der Waals surface area contributed by atoms with Crippen molar-refractivity contribution in [3.8, 4) is 0 Å². The van der Waals surface area contributed by atoms with E-state index in [9.17, 15) is 22.8 Å². The smallest absolute Gasteiger partial charge is 0.418 e. The van der Waals surface area contributed by atoms with Gasteiger partial charge < -0.3 is 9.32 Å². The molecule has 0 spiro atoms. The number of hydrogen-bond acceptors (Lipinski definition) is 7. The molecular weight excluding hydrogens is 372 g/mol. The van der Waals surface area contributed by atoms with Crippen LogP contribution in [0.3, 0.4) is 0 Å². The van der Waals surface area contributed by atoms with Crippen LogP contribution in [0.1, 0.15) is 18.6 Å². The Kier molecular flexibility index (Phi) is 4.84. The molecule has 2 atom stereocenters. The van der Waals surface area contributed by atoms with E-state index in [4.69, 9.17) is 8.97 Å². The molecule has 2 aliphatic rings. The second kappa shape index (κ2) is 6.93. The number of hydrazine groups is 1. The van der Waals surface area contributed by atoms with Crippen molar-refractivity contribution in [2.24, 2.45) is 0 Å². The lowest BCUT2D eigenvalue weighted by Gasteiger charge is -2.29. The molecule has 3 heterocycles. The molecule has 1 aromatic rings. The maximum absolute atomic E-state index is 12.3. The zero-order chi connectivity index (χ0) is 18.9. The summed E-state index contributed by atoms with van der Waals surface area (Å²) in [5.74, 6) is -0.714. The summed E-state index contributed by atoms with van der Waals surface area (Å²) < 4.78 is 39.7. The second-order valence-electron chi connectivity index (χ2n) is 5.80. The van der Waals surface area contributed by atoms with E-state index in [0.717, 1.165) is 4.90 Å². The molecule has 26 heavy (non-hydrogen) atoms. The molecule has 4 amide bonds. The van der Waals surface area contributed by atoms with E-state index in [2.05, 4.69) is 15.1 Å². The lowest BCUT2D eigenvalue weighted by molar-refractivity contribution is -0.131. The molecular formula is C13H16N4O8S. The van der Waals surface area contributed by atoms with Gasteiger partial charge in [0.25, 0.3) is 5.91 Å². The summed E-state index contributed by atoms with van der Waals surface area (Å²) in [6.07, 6.45) is 1.87. The molecule has 2 aliphatic heterocycles. The topological polar surface area (TPSA) is 158 Å². The standard InChI is InChI=1S/C13H16N4O8S/c18-11(6-9-2-1-5-24-9)14-15-12(19)10-4-3-8-7-16(10)13(20)17(8)25-26(21,22)23/h1-2,5,8,10H,3-4,6-7H2,(H,14,18)(H,15,19)(H,21,22,23)/t8-,10+/m1/s1. The Morgan fingerprint density at radius 2 is 2.12 bits per heavy atom. The fourth-order valence-electron chi connectivity index (χ4n) is 2.93. The third kappa shape index (κ3) is 3.95. The fraction of sp³-hybridized carbons (Fsp3) is 0.462. The number of carbonyl (C=O) groups is 3. The summed E-state index contributed by atoms with van der Waals surface area (Å²) in [5.41, 5.74) is 4.45. The Labute approximate surface area is 147 Å². The zero-order valence-electron chi connectivity index (χ0n) is 13.3. The Morgan fingerprint density at radius 1 is 1.35 bits per heavy atom. The maximum Gasteiger partial charge on any atom is 0.418 e. The molecule has 3 N–H and O–H groups in total. The number of piperidine rings is 1. The van der Waals surface area contributed by atoms with Crippen LogP contribution in [0.2, 0.25) is 0 Å². The highest BCUT2D eigenvalue weighted by molar-refractivity contribution is 7.80. The molecule has 0 unspecified atom stereocenters. The number of nitrogens with zero attached hydrogens (tertiary/aromatic N) is 2. The van der Waals surface area contributed by atoms with Crippen molar-refractivity contribution in [2.75, 3.05) is 6.54 Å². The first-order valence-electron chi connectivity index (χ1n) is 7.62. The van der Waals surface area contributed by atoms with E-state index in [1.54, 1.807) is 12.1 Å². The number of amides is 4. The summed E-state index contributed by atoms with van der Waals surface area (Å²) in [5, 5.41) is 0.540. The fourth-order valence-corrected chi connectivity index (χ4v) is 3.32. The van der Waals surface area contributed by atoms with Crippen LogP contribution in [0.5, 0.6) is 0 Å². The van der Waals surface area contributed by atoms with Crippen molar-refractivity contribution < 1.29 is 36.1 Å². The normalized spacial score (nSPS) is 22.4. The summed E-state index contributed by atoms with van der Waals surface area (Å²) in [7, 11) is -4.85. The zero-order valence-corrected chi connectivity index (χ0v) is 14.1. The molecule has 2 fully saturated rings. The number of furan rings is 1. The number of hydroxylamine groups is 2. The van der Waals surface area contributed by atoms with Crippen molar-refractivity contribution >= 4 is 28.2 Å². The van der Waals surface area contributed by atoms with Crippen LogP contribution < -0.4 is 10.9 Å². The molecule has 142 valence electrons. The molecule has 0 aliphatic carbocycles. The Bertz CT molecular complexity index is 808. The molecule has 0 aromatic carbocycles. The summed E-state index contributed by atoms with van der Waals surface area (Å²) in [4.78, 5) is 37.3. The minimum atomic E-state index is -4.85. The van der Waals surface area contributed by atoms with Gasteiger partial charge in [-0.3, -0.25) is 25.0 Å². The van der Waals surface area contributed by atoms with Crippen LogP contribution in [-0.4, -0.2) is 59.4 Å². The van der Waals surface area contributed by atoms with Gasteiger partial charge in [0.05, 0.1) is 18.7 Å². The lowest BCUT2D eigenvalue weighted by atomic mass is 10.0. The Morgan fingerprint density at radius 3 is 2.77 bits per heavy atom. The highest BCUT2D eigenvalue weighted by atomic mass is 32.3. The molecule has 2 saturated heterocycles. The first-order chi connectivity index (χ1) is 12.2. The van der Waals surface area contributed by atoms with Gasteiger partial charge in [-0.1, -0.05) is 0 Å². The lowest BCUT2D eigenvalue weighted by Crippen LogP contribution is -2.54. The van der Waals surface area contributed by atoms with E-state index < -0.39 is 40.3 Å². The highest BCUT2D eigenvalue weighted by Gasteiger charge is 2.49. The second-order valence-corrected chi connectivity index (χ2v) is 6.81. The molecule has 0 saturated carbocycles. The van der Waals surface area contributed by atoms with E-state index in [1.165, 1.54) is 6.26 Å². The van der Waals surface area contributed by atoms with Gasteiger partial charge in [-0.15, -0.1) is 4.28 Å².